The number of esters is 2. The number of hydrogen-bond donors (Lipinski definition) is 1. The van der Waals surface area contributed by atoms with E-state index in [1.54, 1.807) is 0 Å². The van der Waals surface area contributed by atoms with Crippen LogP contribution in [0.5, 0.6) is 0 Å². The number of carbonyl (C=O) groups excluding carboxylic acids is 2. The van der Waals surface area contributed by atoms with Gasteiger partial charge in [-0.15, -0.1) is 0 Å². The van der Waals surface area contributed by atoms with Crippen LogP contribution in [0.15, 0.2) is 48.6 Å². The summed E-state index contributed by atoms with van der Waals surface area (Å²) in [7, 11) is 0. The molecule has 1 atom stereocenters. The lowest BCUT2D eigenvalue weighted by atomic mass is 10.0. The van der Waals surface area contributed by atoms with Gasteiger partial charge in [0, 0.05) is 12.8 Å². The Labute approximate surface area is 379 Å². The molecule has 0 aliphatic heterocycles. The summed E-state index contributed by atoms with van der Waals surface area (Å²) < 4.78 is 10.7. The minimum absolute atomic E-state index is 0.0612. The Balaban J connectivity index is 3.45. The first kappa shape index (κ1) is 58.9. The minimum Gasteiger partial charge on any atom is -0.462 e. The van der Waals surface area contributed by atoms with Crippen molar-refractivity contribution >= 4 is 11.9 Å². The molecule has 5 nitrogen and oxygen atoms in total. The largest absolute Gasteiger partial charge is 0.462 e. The molecule has 0 spiro atoms. The predicted molar refractivity (Wildman–Crippen MR) is 265 cm³/mol. The molecule has 1 unspecified atom stereocenters. The Morgan fingerprint density at radius 1 is 0.393 bits per heavy atom. The first-order valence-electron chi connectivity index (χ1n) is 26.7. The molecule has 0 saturated heterocycles. The van der Waals surface area contributed by atoms with Crippen LogP contribution in [0.4, 0.5) is 0 Å². The van der Waals surface area contributed by atoms with Crippen molar-refractivity contribution in [2.24, 2.45) is 0 Å². The molecular weight excluding hydrogens is 753 g/mol. The van der Waals surface area contributed by atoms with Gasteiger partial charge in [0.15, 0.2) is 6.10 Å². The average Bonchev–Trinajstić information content (AvgIpc) is 3.26. The molecule has 0 heterocycles. The van der Waals surface area contributed by atoms with Crippen molar-refractivity contribution in [3.63, 3.8) is 0 Å². The molecule has 0 aromatic rings. The Morgan fingerprint density at radius 3 is 1.07 bits per heavy atom. The molecule has 0 fully saturated rings. The quantitative estimate of drug-likeness (QED) is 0.0375. The third-order valence-corrected chi connectivity index (χ3v) is 11.9. The number of carbonyl (C=O) groups is 2. The second-order valence-electron chi connectivity index (χ2n) is 17.9. The topological polar surface area (TPSA) is 72.8 Å². The zero-order valence-electron chi connectivity index (χ0n) is 40.7. The highest BCUT2D eigenvalue weighted by Crippen LogP contribution is 2.17. The summed E-state index contributed by atoms with van der Waals surface area (Å²) in [6.45, 7) is 4.06. The summed E-state index contributed by atoms with van der Waals surface area (Å²) in [5.74, 6) is -0.576. The van der Waals surface area contributed by atoms with Crippen LogP contribution in [0, 0.1) is 0 Å². The highest BCUT2D eigenvalue weighted by Gasteiger charge is 2.16. The molecule has 0 saturated carbocycles. The van der Waals surface area contributed by atoms with Crippen LogP contribution in [0.3, 0.4) is 0 Å². The van der Waals surface area contributed by atoms with Crippen molar-refractivity contribution in [3.05, 3.63) is 48.6 Å². The third kappa shape index (κ3) is 50.4. The van der Waals surface area contributed by atoms with Crippen molar-refractivity contribution in [1.82, 2.24) is 0 Å². The highest BCUT2D eigenvalue weighted by molar-refractivity contribution is 5.70. The molecular formula is C56H102O5. The van der Waals surface area contributed by atoms with Crippen LogP contribution in [0.25, 0.3) is 0 Å². The fourth-order valence-corrected chi connectivity index (χ4v) is 7.90. The van der Waals surface area contributed by atoms with Gasteiger partial charge in [0.05, 0.1) is 6.61 Å². The van der Waals surface area contributed by atoms with Crippen LogP contribution < -0.4 is 0 Å². The second kappa shape index (κ2) is 52.2. The van der Waals surface area contributed by atoms with Gasteiger partial charge >= 0.3 is 11.9 Å². The van der Waals surface area contributed by atoms with Gasteiger partial charge in [-0.25, -0.2) is 0 Å². The van der Waals surface area contributed by atoms with Crippen LogP contribution in [-0.4, -0.2) is 36.4 Å². The van der Waals surface area contributed by atoms with Gasteiger partial charge in [-0.05, 0) is 51.4 Å². The number of ether oxygens (including phenoxy) is 2. The maximum Gasteiger partial charge on any atom is 0.306 e. The maximum atomic E-state index is 12.3. The standard InChI is InChI=1S/C56H102O5/c1-3-5-7-9-11-13-15-17-19-21-23-24-25-26-27-28-29-30-31-32-33-35-37-39-41-43-45-47-49-51-56(59)61-54(52-57)53-60-55(58)50-48-46-44-42-40-38-36-34-22-20-18-16-14-12-10-8-6-4-2/h5,7,11,13,17,19,23-24,54,57H,3-4,6,8-10,12,14-16,18,20-22,25-53H2,1-2H3/b7-5-,13-11-,19-17-,24-23-. The molecule has 61 heavy (non-hydrogen) atoms. The third-order valence-electron chi connectivity index (χ3n) is 11.9. The smallest absolute Gasteiger partial charge is 0.306 e. The van der Waals surface area contributed by atoms with E-state index >= 15 is 0 Å². The first-order valence-corrected chi connectivity index (χ1v) is 26.7. The van der Waals surface area contributed by atoms with Crippen molar-refractivity contribution < 1.29 is 24.2 Å². The maximum absolute atomic E-state index is 12.3. The minimum atomic E-state index is -0.769. The van der Waals surface area contributed by atoms with E-state index in [0.29, 0.717) is 12.8 Å². The molecule has 0 aromatic heterocycles. The van der Waals surface area contributed by atoms with Crippen LogP contribution >= 0.6 is 0 Å². The SMILES string of the molecule is CC/C=C\C/C=C\C/C=C\C/C=C\CCCCCCCCCCCCCCCCCCC(=O)OC(CO)COC(=O)CCCCCCCCCCCCCCCCCCCC. The molecule has 0 radical (unpaired) electrons. The molecule has 0 aliphatic rings. The van der Waals surface area contributed by atoms with E-state index in [1.165, 1.54) is 193 Å². The summed E-state index contributed by atoms with van der Waals surface area (Å²) in [6, 6.07) is 0. The lowest BCUT2D eigenvalue weighted by Gasteiger charge is -2.15. The van der Waals surface area contributed by atoms with E-state index in [2.05, 4.69) is 62.5 Å². The number of allylic oxidation sites excluding steroid dienone is 8. The van der Waals surface area contributed by atoms with Gasteiger partial charge in [-0.3, -0.25) is 9.59 Å². The van der Waals surface area contributed by atoms with Gasteiger partial charge in [0.1, 0.15) is 6.61 Å². The fourth-order valence-electron chi connectivity index (χ4n) is 7.90. The van der Waals surface area contributed by atoms with Crippen LogP contribution in [0.2, 0.25) is 0 Å². The van der Waals surface area contributed by atoms with Crippen molar-refractivity contribution in [2.45, 2.75) is 283 Å². The van der Waals surface area contributed by atoms with E-state index in [9.17, 15) is 14.7 Å². The number of aliphatic hydroxyl groups excluding tert-OH is 1. The highest BCUT2D eigenvalue weighted by atomic mass is 16.6. The molecule has 5 heteroatoms. The van der Waals surface area contributed by atoms with E-state index in [1.807, 2.05) is 0 Å². The lowest BCUT2D eigenvalue weighted by molar-refractivity contribution is -0.161. The zero-order chi connectivity index (χ0) is 44.2. The fraction of sp³-hybridized carbons (Fsp3) is 0.821. The lowest BCUT2D eigenvalue weighted by Crippen LogP contribution is -2.28. The first-order chi connectivity index (χ1) is 30.1. The van der Waals surface area contributed by atoms with E-state index < -0.39 is 6.10 Å². The Bertz CT molecular complexity index is 1010. The van der Waals surface area contributed by atoms with Crippen LogP contribution in [-0.2, 0) is 19.1 Å². The summed E-state index contributed by atoms with van der Waals surface area (Å²) >= 11 is 0. The molecule has 356 valence electrons. The monoisotopic (exact) mass is 855 g/mol. The predicted octanol–water partition coefficient (Wildman–Crippen LogP) is 17.7. The number of unbranched alkanes of at least 4 members (excludes halogenated alkanes) is 33. The summed E-state index contributed by atoms with van der Waals surface area (Å²) in [4.78, 5) is 24.5. The zero-order valence-corrected chi connectivity index (χ0v) is 40.7. The van der Waals surface area contributed by atoms with E-state index in [4.69, 9.17) is 9.47 Å². The Morgan fingerprint density at radius 2 is 0.705 bits per heavy atom. The molecule has 0 aliphatic carbocycles. The van der Waals surface area contributed by atoms with Gasteiger partial charge < -0.3 is 14.6 Å². The van der Waals surface area contributed by atoms with Gasteiger partial charge in [-0.2, -0.15) is 0 Å². The van der Waals surface area contributed by atoms with Gasteiger partial charge in [-0.1, -0.05) is 262 Å². The molecule has 0 bridgehead atoms. The normalized spacial score (nSPS) is 12.5. The summed E-state index contributed by atoms with van der Waals surface area (Å²) in [5.41, 5.74) is 0. The van der Waals surface area contributed by atoms with Crippen LogP contribution in [0.1, 0.15) is 277 Å². The Kier molecular flexibility index (Phi) is 50.4. The Hall–Kier alpha value is -2.14. The number of hydrogen-bond acceptors (Lipinski definition) is 5. The van der Waals surface area contributed by atoms with Crippen molar-refractivity contribution in [2.75, 3.05) is 13.2 Å². The average molecular weight is 855 g/mol. The number of aliphatic hydroxyl groups is 1. The summed E-state index contributed by atoms with van der Waals surface area (Å²) in [5, 5.41) is 9.63. The van der Waals surface area contributed by atoms with E-state index in [0.717, 1.165) is 57.8 Å². The van der Waals surface area contributed by atoms with Crippen molar-refractivity contribution in [1.29, 1.82) is 0 Å². The molecule has 0 aromatic carbocycles. The van der Waals surface area contributed by atoms with Gasteiger partial charge in [0.2, 0.25) is 0 Å². The second-order valence-corrected chi connectivity index (χ2v) is 17.9. The van der Waals surface area contributed by atoms with Crippen molar-refractivity contribution in [3.8, 4) is 0 Å². The molecule has 1 N–H and O–H groups in total. The molecule has 0 amide bonds. The van der Waals surface area contributed by atoms with E-state index in [-0.39, 0.29) is 25.2 Å². The van der Waals surface area contributed by atoms with Gasteiger partial charge in [0.25, 0.3) is 0 Å². The molecule has 0 rings (SSSR count). The summed E-state index contributed by atoms with van der Waals surface area (Å²) in [6.07, 6.45) is 67.9. The number of rotatable bonds is 49.